The Labute approximate surface area is 109 Å². The molecule has 1 aliphatic carbocycles. The summed E-state index contributed by atoms with van der Waals surface area (Å²) in [5.74, 6) is 0.653. The summed E-state index contributed by atoms with van der Waals surface area (Å²) in [6, 6.07) is 0.176. The van der Waals surface area contributed by atoms with Gasteiger partial charge >= 0.3 is 0 Å². The van der Waals surface area contributed by atoms with Crippen molar-refractivity contribution in [3.8, 4) is 0 Å². The van der Waals surface area contributed by atoms with Gasteiger partial charge in [-0.05, 0) is 39.2 Å². The fraction of sp³-hybridized carbons (Fsp3) is 0.857. The number of carbonyl (C=O) groups excluding carboxylic acids is 2. The molecule has 2 aliphatic rings. The number of likely N-dealkylation sites (tertiary alicyclic amines) is 1. The minimum atomic E-state index is -0.117. The minimum absolute atomic E-state index is 0.0624. The lowest BCUT2D eigenvalue weighted by Crippen LogP contribution is -2.54. The van der Waals surface area contributed by atoms with E-state index in [0.717, 1.165) is 38.6 Å². The van der Waals surface area contributed by atoms with Gasteiger partial charge in [0.05, 0.1) is 6.04 Å². The first-order chi connectivity index (χ1) is 8.65. The Morgan fingerprint density at radius 2 is 2.11 bits per heavy atom. The topological polar surface area (TPSA) is 49.4 Å². The number of carbonyl (C=O) groups is 2. The van der Waals surface area contributed by atoms with Crippen LogP contribution < -0.4 is 5.32 Å². The fourth-order valence-electron chi connectivity index (χ4n) is 3.50. The predicted octanol–water partition coefficient (Wildman–Crippen LogP) is 1.34. The molecular weight excluding hydrogens is 228 g/mol. The largest absolute Gasteiger partial charge is 0.358 e. The smallest absolute Gasteiger partial charge is 0.236 e. The summed E-state index contributed by atoms with van der Waals surface area (Å²) in [7, 11) is 1.68. The predicted molar refractivity (Wildman–Crippen MR) is 70.2 cm³/mol. The molecule has 0 radical (unpaired) electrons. The molecule has 4 nitrogen and oxygen atoms in total. The van der Waals surface area contributed by atoms with Crippen LogP contribution in [0, 0.1) is 5.92 Å². The van der Waals surface area contributed by atoms with Gasteiger partial charge in [0, 0.05) is 25.4 Å². The lowest BCUT2D eigenvalue weighted by molar-refractivity contribution is -0.130. The van der Waals surface area contributed by atoms with Crippen molar-refractivity contribution < 1.29 is 9.59 Å². The van der Waals surface area contributed by atoms with E-state index in [1.807, 2.05) is 6.92 Å². The number of amides is 1. The van der Waals surface area contributed by atoms with E-state index in [1.54, 1.807) is 7.05 Å². The zero-order valence-electron chi connectivity index (χ0n) is 11.4. The zero-order chi connectivity index (χ0) is 13.1. The number of hydrogen-bond donors (Lipinski definition) is 1. The maximum atomic E-state index is 12.0. The number of piperidine rings is 1. The van der Waals surface area contributed by atoms with Gasteiger partial charge in [-0.25, -0.2) is 0 Å². The van der Waals surface area contributed by atoms with E-state index in [2.05, 4.69) is 10.2 Å². The average molecular weight is 252 g/mol. The maximum Gasteiger partial charge on any atom is 0.236 e. The summed E-state index contributed by atoms with van der Waals surface area (Å²) in [5.41, 5.74) is 0. The van der Waals surface area contributed by atoms with Crippen molar-refractivity contribution in [1.29, 1.82) is 0 Å². The second kappa shape index (κ2) is 5.83. The highest BCUT2D eigenvalue weighted by atomic mass is 16.2. The Balaban J connectivity index is 2.10. The van der Waals surface area contributed by atoms with E-state index >= 15 is 0 Å². The standard InChI is InChI=1S/C14H24N2O2/c1-10(14(18)15-2)16-9-4-3-7-12(16)11-6-5-8-13(11)17/h10-12H,3-9H2,1-2H3,(H,15,18). The van der Waals surface area contributed by atoms with Crippen molar-refractivity contribution in [3.63, 3.8) is 0 Å². The van der Waals surface area contributed by atoms with Crippen LogP contribution in [0.3, 0.4) is 0 Å². The lowest BCUT2D eigenvalue weighted by atomic mass is 9.87. The lowest BCUT2D eigenvalue weighted by Gasteiger charge is -2.41. The SMILES string of the molecule is CNC(=O)C(C)N1CCCCC1C1CCCC1=O. The van der Waals surface area contributed by atoms with Crippen molar-refractivity contribution in [1.82, 2.24) is 10.2 Å². The normalized spacial score (nSPS) is 31.3. The van der Waals surface area contributed by atoms with Gasteiger partial charge in [0.1, 0.15) is 5.78 Å². The summed E-state index contributed by atoms with van der Waals surface area (Å²) in [6.07, 6.45) is 6.17. The van der Waals surface area contributed by atoms with Crippen LogP contribution in [0.5, 0.6) is 0 Å². The van der Waals surface area contributed by atoms with Crippen molar-refractivity contribution in [2.24, 2.45) is 5.92 Å². The molecule has 102 valence electrons. The Morgan fingerprint density at radius 3 is 2.72 bits per heavy atom. The Hall–Kier alpha value is -0.900. The number of likely N-dealkylation sites (N-methyl/N-ethyl adjacent to an activating group) is 1. The molecule has 2 fully saturated rings. The average Bonchev–Trinajstić information content (AvgIpc) is 2.83. The zero-order valence-corrected chi connectivity index (χ0v) is 11.4. The third kappa shape index (κ3) is 2.58. The highest BCUT2D eigenvalue weighted by Gasteiger charge is 2.39. The van der Waals surface area contributed by atoms with E-state index in [-0.39, 0.29) is 17.9 Å². The minimum Gasteiger partial charge on any atom is -0.358 e. The number of nitrogens with zero attached hydrogens (tertiary/aromatic N) is 1. The van der Waals surface area contributed by atoms with Crippen molar-refractivity contribution in [2.45, 2.75) is 57.5 Å². The Kier molecular flexibility index (Phi) is 4.38. The van der Waals surface area contributed by atoms with Gasteiger partial charge in [-0.3, -0.25) is 14.5 Å². The summed E-state index contributed by atoms with van der Waals surface area (Å²) >= 11 is 0. The van der Waals surface area contributed by atoms with Crippen LogP contribution in [-0.2, 0) is 9.59 Å². The molecule has 2 rings (SSSR count). The second-order valence-electron chi connectivity index (χ2n) is 5.56. The van der Waals surface area contributed by atoms with Crippen LogP contribution in [-0.4, -0.2) is 42.3 Å². The quantitative estimate of drug-likeness (QED) is 0.824. The van der Waals surface area contributed by atoms with E-state index in [4.69, 9.17) is 0 Å². The van der Waals surface area contributed by atoms with E-state index in [0.29, 0.717) is 11.8 Å². The molecular formula is C14H24N2O2. The second-order valence-corrected chi connectivity index (χ2v) is 5.56. The Bertz CT molecular complexity index is 330. The van der Waals surface area contributed by atoms with Gasteiger partial charge in [-0.15, -0.1) is 0 Å². The molecule has 18 heavy (non-hydrogen) atoms. The number of hydrogen-bond acceptors (Lipinski definition) is 3. The molecule has 3 unspecified atom stereocenters. The van der Waals surface area contributed by atoms with E-state index in [9.17, 15) is 9.59 Å². The molecule has 0 aromatic carbocycles. The number of Topliss-reactive ketones (excluding diaryl/α,β-unsaturated/α-hetero) is 1. The number of rotatable bonds is 3. The van der Waals surface area contributed by atoms with Crippen molar-refractivity contribution in [2.75, 3.05) is 13.6 Å². The van der Waals surface area contributed by atoms with Gasteiger partial charge in [-0.1, -0.05) is 6.42 Å². The molecule has 1 N–H and O–H groups in total. The van der Waals surface area contributed by atoms with Crippen LogP contribution >= 0.6 is 0 Å². The van der Waals surface area contributed by atoms with E-state index < -0.39 is 0 Å². The van der Waals surface area contributed by atoms with Crippen LogP contribution in [0.4, 0.5) is 0 Å². The first-order valence-electron chi connectivity index (χ1n) is 7.15. The van der Waals surface area contributed by atoms with Crippen LogP contribution in [0.1, 0.15) is 45.4 Å². The van der Waals surface area contributed by atoms with Crippen LogP contribution in [0.2, 0.25) is 0 Å². The van der Waals surface area contributed by atoms with Crippen molar-refractivity contribution in [3.05, 3.63) is 0 Å². The first-order valence-corrected chi connectivity index (χ1v) is 7.15. The molecule has 1 heterocycles. The van der Waals surface area contributed by atoms with Gasteiger partial charge in [0.15, 0.2) is 0 Å². The molecule has 3 atom stereocenters. The molecule has 0 aromatic rings. The molecule has 1 amide bonds. The Morgan fingerprint density at radius 1 is 1.33 bits per heavy atom. The highest BCUT2D eigenvalue weighted by Crippen LogP contribution is 2.33. The molecule has 1 saturated carbocycles. The van der Waals surface area contributed by atoms with E-state index in [1.165, 1.54) is 6.42 Å². The van der Waals surface area contributed by atoms with Gasteiger partial charge < -0.3 is 5.32 Å². The monoisotopic (exact) mass is 252 g/mol. The summed E-state index contributed by atoms with van der Waals surface area (Å²) in [6.45, 7) is 2.90. The van der Waals surface area contributed by atoms with Crippen LogP contribution in [0.15, 0.2) is 0 Å². The van der Waals surface area contributed by atoms with Crippen molar-refractivity contribution >= 4 is 11.7 Å². The summed E-state index contributed by atoms with van der Waals surface area (Å²) < 4.78 is 0. The fourth-order valence-corrected chi connectivity index (χ4v) is 3.50. The van der Waals surface area contributed by atoms with Gasteiger partial charge in [0.25, 0.3) is 0 Å². The molecule has 4 heteroatoms. The first kappa shape index (κ1) is 13.5. The third-order valence-electron chi connectivity index (χ3n) is 4.53. The molecule has 1 saturated heterocycles. The number of ketones is 1. The summed E-state index contributed by atoms with van der Waals surface area (Å²) in [4.78, 5) is 26.0. The van der Waals surface area contributed by atoms with Gasteiger partial charge in [-0.2, -0.15) is 0 Å². The third-order valence-corrected chi connectivity index (χ3v) is 4.53. The summed E-state index contributed by atoms with van der Waals surface area (Å²) in [5, 5.41) is 2.72. The van der Waals surface area contributed by atoms with Gasteiger partial charge in [0.2, 0.25) is 5.91 Å². The number of nitrogens with one attached hydrogen (secondary N) is 1. The molecule has 0 aromatic heterocycles. The molecule has 1 aliphatic heterocycles. The maximum absolute atomic E-state index is 12.0. The highest BCUT2D eigenvalue weighted by molar-refractivity contribution is 5.84. The molecule has 0 spiro atoms. The van der Waals surface area contributed by atoms with Crippen LogP contribution in [0.25, 0.3) is 0 Å². The molecule has 0 bridgehead atoms.